The zero-order valence-electron chi connectivity index (χ0n) is 9.88. The third-order valence-electron chi connectivity index (χ3n) is 3.45. The van der Waals surface area contributed by atoms with Gasteiger partial charge in [0.15, 0.2) is 0 Å². The van der Waals surface area contributed by atoms with Crippen LogP contribution in [0.1, 0.15) is 32.6 Å². The molecule has 0 aliphatic heterocycles. The van der Waals surface area contributed by atoms with Gasteiger partial charge in [-0.2, -0.15) is 0 Å². The first kappa shape index (κ1) is 13.0. The van der Waals surface area contributed by atoms with Crippen LogP contribution in [0.5, 0.6) is 0 Å². The number of likely N-dealkylation sites (N-methyl/N-ethyl adjacent to an activating group) is 1. The number of carbonyl (C=O) groups excluding carboxylic acids is 1. The molecular formula is C11H20N2O3. The molecule has 0 unspecified atom stereocenters. The Bertz CT molecular complexity index is 270. The van der Waals surface area contributed by atoms with Crippen molar-refractivity contribution in [2.24, 2.45) is 5.92 Å². The van der Waals surface area contributed by atoms with Gasteiger partial charge in [0.2, 0.25) is 5.91 Å². The SMILES string of the molecule is CCNC(=O)C1CCC(NC)(C(=O)O)CC1. The van der Waals surface area contributed by atoms with Crippen LogP contribution in [-0.4, -0.2) is 36.1 Å². The minimum atomic E-state index is -0.830. The molecule has 92 valence electrons. The van der Waals surface area contributed by atoms with Crippen LogP contribution in [0.15, 0.2) is 0 Å². The van der Waals surface area contributed by atoms with Crippen LogP contribution in [0.2, 0.25) is 0 Å². The Kier molecular flexibility index (Phi) is 4.29. The summed E-state index contributed by atoms with van der Waals surface area (Å²) in [5.74, 6) is -0.789. The largest absolute Gasteiger partial charge is 0.480 e. The zero-order chi connectivity index (χ0) is 12.2. The van der Waals surface area contributed by atoms with E-state index in [4.69, 9.17) is 5.11 Å². The van der Waals surface area contributed by atoms with Gasteiger partial charge >= 0.3 is 5.97 Å². The Balaban J connectivity index is 2.56. The standard InChI is InChI=1S/C11H20N2O3/c1-3-13-9(14)8-4-6-11(12-2,7-5-8)10(15)16/h8,12H,3-7H2,1-2H3,(H,13,14)(H,15,16). The van der Waals surface area contributed by atoms with Gasteiger partial charge < -0.3 is 15.7 Å². The molecule has 0 heterocycles. The summed E-state index contributed by atoms with van der Waals surface area (Å²) >= 11 is 0. The van der Waals surface area contributed by atoms with E-state index in [0.717, 1.165) is 0 Å². The Morgan fingerprint density at radius 3 is 2.31 bits per heavy atom. The minimum absolute atomic E-state index is 0.0271. The van der Waals surface area contributed by atoms with Gasteiger partial charge in [0.05, 0.1) is 0 Å². The monoisotopic (exact) mass is 228 g/mol. The maximum Gasteiger partial charge on any atom is 0.323 e. The second-order valence-corrected chi connectivity index (χ2v) is 4.31. The number of amides is 1. The van der Waals surface area contributed by atoms with E-state index in [2.05, 4.69) is 10.6 Å². The van der Waals surface area contributed by atoms with Crippen molar-refractivity contribution in [2.75, 3.05) is 13.6 Å². The Hall–Kier alpha value is -1.10. The van der Waals surface area contributed by atoms with E-state index in [1.807, 2.05) is 6.92 Å². The molecule has 0 bridgehead atoms. The Morgan fingerprint density at radius 1 is 1.38 bits per heavy atom. The first-order chi connectivity index (χ1) is 7.55. The van der Waals surface area contributed by atoms with Gasteiger partial charge in [-0.25, -0.2) is 0 Å². The fourth-order valence-electron chi connectivity index (χ4n) is 2.26. The summed E-state index contributed by atoms with van der Waals surface area (Å²) in [5.41, 5.74) is -0.830. The number of hydrogen-bond donors (Lipinski definition) is 3. The van der Waals surface area contributed by atoms with Crippen LogP contribution in [0.25, 0.3) is 0 Å². The average Bonchev–Trinajstić information content (AvgIpc) is 2.29. The second-order valence-electron chi connectivity index (χ2n) is 4.31. The van der Waals surface area contributed by atoms with Gasteiger partial charge in [0.25, 0.3) is 0 Å². The molecule has 0 aromatic carbocycles. The summed E-state index contributed by atoms with van der Waals surface area (Å²) < 4.78 is 0. The summed E-state index contributed by atoms with van der Waals surface area (Å²) in [6, 6.07) is 0. The molecule has 1 aliphatic carbocycles. The van der Waals surface area contributed by atoms with Crippen molar-refractivity contribution in [1.82, 2.24) is 10.6 Å². The number of rotatable bonds is 4. The maximum atomic E-state index is 11.6. The molecule has 0 aromatic rings. The molecule has 1 fully saturated rings. The van der Waals surface area contributed by atoms with Crippen LogP contribution in [0.3, 0.4) is 0 Å². The summed E-state index contributed by atoms with van der Waals surface area (Å²) in [5, 5.41) is 14.8. The highest BCUT2D eigenvalue weighted by atomic mass is 16.4. The highest BCUT2D eigenvalue weighted by molar-refractivity contribution is 5.81. The van der Waals surface area contributed by atoms with E-state index in [-0.39, 0.29) is 11.8 Å². The number of carboxylic acid groups (broad SMARTS) is 1. The normalized spacial score (nSPS) is 29.8. The smallest absolute Gasteiger partial charge is 0.323 e. The van der Waals surface area contributed by atoms with Crippen molar-refractivity contribution in [3.63, 3.8) is 0 Å². The van der Waals surface area contributed by atoms with Crippen LogP contribution >= 0.6 is 0 Å². The number of nitrogens with one attached hydrogen (secondary N) is 2. The average molecular weight is 228 g/mol. The lowest BCUT2D eigenvalue weighted by molar-refractivity contribution is -0.147. The molecule has 1 saturated carbocycles. The molecule has 5 heteroatoms. The molecule has 0 spiro atoms. The number of hydrogen-bond acceptors (Lipinski definition) is 3. The first-order valence-electron chi connectivity index (χ1n) is 5.75. The van der Waals surface area contributed by atoms with E-state index in [0.29, 0.717) is 32.2 Å². The van der Waals surface area contributed by atoms with E-state index < -0.39 is 11.5 Å². The molecule has 0 saturated heterocycles. The van der Waals surface area contributed by atoms with Gasteiger partial charge in [-0.1, -0.05) is 0 Å². The van der Waals surface area contributed by atoms with E-state index >= 15 is 0 Å². The predicted molar refractivity (Wildman–Crippen MR) is 60.1 cm³/mol. The maximum absolute atomic E-state index is 11.6. The van der Waals surface area contributed by atoms with Crippen molar-refractivity contribution >= 4 is 11.9 Å². The molecule has 1 rings (SSSR count). The van der Waals surface area contributed by atoms with Gasteiger partial charge in [-0.3, -0.25) is 9.59 Å². The van der Waals surface area contributed by atoms with Crippen molar-refractivity contribution < 1.29 is 14.7 Å². The molecule has 0 radical (unpaired) electrons. The zero-order valence-corrected chi connectivity index (χ0v) is 9.88. The number of carbonyl (C=O) groups is 2. The van der Waals surface area contributed by atoms with Gasteiger partial charge in [-0.05, 0) is 39.7 Å². The third-order valence-corrected chi connectivity index (χ3v) is 3.45. The molecule has 16 heavy (non-hydrogen) atoms. The minimum Gasteiger partial charge on any atom is -0.480 e. The predicted octanol–water partition coefficient (Wildman–Crippen LogP) is 0.355. The van der Waals surface area contributed by atoms with E-state index in [9.17, 15) is 9.59 Å². The van der Waals surface area contributed by atoms with Crippen molar-refractivity contribution in [1.29, 1.82) is 0 Å². The topological polar surface area (TPSA) is 78.4 Å². The fourth-order valence-corrected chi connectivity index (χ4v) is 2.26. The molecule has 0 atom stereocenters. The van der Waals surface area contributed by atoms with Crippen molar-refractivity contribution in [3.8, 4) is 0 Å². The molecule has 5 nitrogen and oxygen atoms in total. The molecular weight excluding hydrogens is 208 g/mol. The van der Waals surface area contributed by atoms with Crippen molar-refractivity contribution in [2.45, 2.75) is 38.1 Å². The molecule has 0 aromatic heterocycles. The lowest BCUT2D eigenvalue weighted by Crippen LogP contribution is -2.53. The first-order valence-corrected chi connectivity index (χ1v) is 5.75. The van der Waals surface area contributed by atoms with Gasteiger partial charge in [0, 0.05) is 12.5 Å². The fraction of sp³-hybridized carbons (Fsp3) is 0.818. The third kappa shape index (κ3) is 2.52. The van der Waals surface area contributed by atoms with Crippen LogP contribution in [0, 0.1) is 5.92 Å². The van der Waals surface area contributed by atoms with Crippen LogP contribution < -0.4 is 10.6 Å². The summed E-state index contributed by atoms with van der Waals surface area (Å²) in [4.78, 5) is 22.7. The second kappa shape index (κ2) is 5.30. The van der Waals surface area contributed by atoms with Gasteiger partial charge in [-0.15, -0.1) is 0 Å². The summed E-state index contributed by atoms with van der Waals surface area (Å²) in [6.45, 7) is 2.52. The lowest BCUT2D eigenvalue weighted by atomic mass is 9.76. The van der Waals surface area contributed by atoms with Crippen molar-refractivity contribution in [3.05, 3.63) is 0 Å². The number of carboxylic acids is 1. The number of aliphatic carboxylic acids is 1. The van der Waals surface area contributed by atoms with Gasteiger partial charge in [0.1, 0.15) is 5.54 Å². The highest BCUT2D eigenvalue weighted by Gasteiger charge is 2.41. The molecule has 1 amide bonds. The lowest BCUT2D eigenvalue weighted by Gasteiger charge is -2.35. The highest BCUT2D eigenvalue weighted by Crippen LogP contribution is 2.32. The van der Waals surface area contributed by atoms with E-state index in [1.54, 1.807) is 7.05 Å². The summed E-state index contributed by atoms with van der Waals surface area (Å²) in [7, 11) is 1.67. The summed E-state index contributed by atoms with van der Waals surface area (Å²) in [6.07, 6.45) is 2.30. The molecule has 1 aliphatic rings. The van der Waals surface area contributed by atoms with Crippen LogP contribution in [-0.2, 0) is 9.59 Å². The quantitative estimate of drug-likeness (QED) is 0.649. The Labute approximate surface area is 95.6 Å². The van der Waals surface area contributed by atoms with E-state index in [1.165, 1.54) is 0 Å². The Morgan fingerprint density at radius 2 is 1.94 bits per heavy atom. The molecule has 3 N–H and O–H groups in total. The van der Waals surface area contributed by atoms with Crippen LogP contribution in [0.4, 0.5) is 0 Å².